The molecule has 1 aromatic rings. The van der Waals surface area contributed by atoms with Crippen molar-refractivity contribution in [3.05, 3.63) is 16.1 Å². The van der Waals surface area contributed by atoms with Gasteiger partial charge in [-0.05, 0) is 38.8 Å². The van der Waals surface area contributed by atoms with Gasteiger partial charge in [0.25, 0.3) is 0 Å². The summed E-state index contributed by atoms with van der Waals surface area (Å²) in [6, 6.07) is 0. The molecule has 0 radical (unpaired) electrons. The molecule has 5 heteroatoms. The van der Waals surface area contributed by atoms with Gasteiger partial charge in [0, 0.05) is 18.8 Å². The molecule has 0 bridgehead atoms. The lowest BCUT2D eigenvalue weighted by molar-refractivity contribution is -0.131. The second-order valence-corrected chi connectivity index (χ2v) is 6.09. The molecule has 2 heterocycles. The van der Waals surface area contributed by atoms with Crippen molar-refractivity contribution in [1.82, 2.24) is 15.2 Å². The second kappa shape index (κ2) is 6.29. The van der Waals surface area contributed by atoms with Crippen LogP contribution in [0.5, 0.6) is 0 Å². The van der Waals surface area contributed by atoms with Crippen LogP contribution >= 0.6 is 11.3 Å². The lowest BCUT2D eigenvalue weighted by Crippen LogP contribution is -2.34. The van der Waals surface area contributed by atoms with Crippen LogP contribution in [-0.4, -0.2) is 35.9 Å². The Morgan fingerprint density at radius 1 is 1.67 bits per heavy atom. The van der Waals surface area contributed by atoms with Gasteiger partial charge in [0.05, 0.1) is 17.2 Å². The van der Waals surface area contributed by atoms with Gasteiger partial charge in [-0.15, -0.1) is 11.3 Å². The summed E-state index contributed by atoms with van der Waals surface area (Å²) in [7, 11) is 1.87. The molecule has 1 N–H and O–H groups in total. The first-order valence-electron chi connectivity index (χ1n) is 6.51. The van der Waals surface area contributed by atoms with Crippen LogP contribution in [0.3, 0.4) is 0 Å². The highest BCUT2D eigenvalue weighted by molar-refractivity contribution is 7.09. The van der Waals surface area contributed by atoms with Crippen LogP contribution in [0, 0.1) is 12.8 Å². The number of amides is 1. The van der Waals surface area contributed by atoms with Gasteiger partial charge in [0.1, 0.15) is 0 Å². The van der Waals surface area contributed by atoms with Gasteiger partial charge in [-0.1, -0.05) is 0 Å². The number of hydrogen-bond acceptors (Lipinski definition) is 4. The highest BCUT2D eigenvalue weighted by Gasteiger charge is 2.19. The molecule has 1 unspecified atom stereocenters. The third-order valence-electron chi connectivity index (χ3n) is 3.35. The summed E-state index contributed by atoms with van der Waals surface area (Å²) in [5.41, 5.74) is 0.995. The SMILES string of the molecule is Cc1nc(CN(C)C(=O)CC2CCCNC2)cs1. The first-order valence-corrected chi connectivity index (χ1v) is 7.39. The van der Waals surface area contributed by atoms with Crippen molar-refractivity contribution in [2.45, 2.75) is 32.7 Å². The van der Waals surface area contributed by atoms with Crippen molar-refractivity contribution < 1.29 is 4.79 Å². The number of thiazole rings is 1. The van der Waals surface area contributed by atoms with Gasteiger partial charge in [0.2, 0.25) is 5.91 Å². The van der Waals surface area contributed by atoms with Crippen LogP contribution in [0.15, 0.2) is 5.38 Å². The van der Waals surface area contributed by atoms with Crippen molar-refractivity contribution in [2.75, 3.05) is 20.1 Å². The van der Waals surface area contributed by atoms with Gasteiger partial charge in [-0.2, -0.15) is 0 Å². The number of nitrogens with one attached hydrogen (secondary N) is 1. The Labute approximate surface area is 112 Å². The summed E-state index contributed by atoms with van der Waals surface area (Å²) in [4.78, 5) is 18.3. The van der Waals surface area contributed by atoms with Crippen LogP contribution < -0.4 is 5.32 Å². The molecule has 1 atom stereocenters. The zero-order valence-corrected chi connectivity index (χ0v) is 11.9. The molecule has 0 aromatic carbocycles. The van der Waals surface area contributed by atoms with E-state index in [1.165, 1.54) is 12.8 Å². The normalized spacial score (nSPS) is 19.8. The lowest BCUT2D eigenvalue weighted by atomic mass is 9.96. The van der Waals surface area contributed by atoms with E-state index in [0.717, 1.165) is 23.8 Å². The number of piperidine rings is 1. The molecular formula is C13H21N3OS. The molecule has 1 amide bonds. The molecule has 1 aliphatic rings. The van der Waals surface area contributed by atoms with E-state index in [1.807, 2.05) is 19.4 Å². The van der Waals surface area contributed by atoms with Gasteiger partial charge < -0.3 is 10.2 Å². The predicted molar refractivity (Wildman–Crippen MR) is 73.5 cm³/mol. The van der Waals surface area contributed by atoms with Crippen molar-refractivity contribution in [2.24, 2.45) is 5.92 Å². The quantitative estimate of drug-likeness (QED) is 0.905. The number of carbonyl (C=O) groups excluding carboxylic acids is 1. The smallest absolute Gasteiger partial charge is 0.222 e. The second-order valence-electron chi connectivity index (χ2n) is 5.02. The Morgan fingerprint density at radius 3 is 3.11 bits per heavy atom. The topological polar surface area (TPSA) is 45.2 Å². The Bertz CT molecular complexity index is 399. The predicted octanol–water partition coefficient (Wildman–Crippen LogP) is 1.80. The van der Waals surface area contributed by atoms with Crippen molar-refractivity contribution >= 4 is 17.2 Å². The van der Waals surface area contributed by atoms with Crippen molar-refractivity contribution in [1.29, 1.82) is 0 Å². The fourth-order valence-corrected chi connectivity index (χ4v) is 2.92. The van der Waals surface area contributed by atoms with Gasteiger partial charge in [-0.3, -0.25) is 4.79 Å². The number of aryl methyl sites for hydroxylation is 1. The average Bonchev–Trinajstić information content (AvgIpc) is 2.76. The fraction of sp³-hybridized carbons (Fsp3) is 0.692. The van der Waals surface area contributed by atoms with E-state index >= 15 is 0 Å². The number of aromatic nitrogens is 1. The van der Waals surface area contributed by atoms with Crippen molar-refractivity contribution in [3.63, 3.8) is 0 Å². The Morgan fingerprint density at radius 2 is 2.50 bits per heavy atom. The largest absolute Gasteiger partial charge is 0.340 e. The summed E-state index contributed by atoms with van der Waals surface area (Å²) in [6.07, 6.45) is 3.02. The standard InChI is InChI=1S/C13H21N3OS/c1-10-15-12(9-18-10)8-16(2)13(17)6-11-4-3-5-14-7-11/h9,11,14H,3-8H2,1-2H3. The van der Waals surface area contributed by atoms with E-state index in [2.05, 4.69) is 10.3 Å². The molecular weight excluding hydrogens is 246 g/mol. The molecule has 0 aliphatic carbocycles. The van der Waals surface area contributed by atoms with Gasteiger partial charge >= 0.3 is 0 Å². The highest BCUT2D eigenvalue weighted by Crippen LogP contribution is 2.16. The van der Waals surface area contributed by atoms with Crippen LogP contribution in [-0.2, 0) is 11.3 Å². The first-order chi connectivity index (χ1) is 8.65. The Balaban J connectivity index is 1.80. The van der Waals surface area contributed by atoms with E-state index < -0.39 is 0 Å². The van der Waals surface area contributed by atoms with Gasteiger partial charge in [-0.25, -0.2) is 4.98 Å². The van der Waals surface area contributed by atoms with E-state index in [1.54, 1.807) is 16.2 Å². The molecule has 100 valence electrons. The maximum absolute atomic E-state index is 12.1. The number of carbonyl (C=O) groups is 1. The fourth-order valence-electron chi connectivity index (χ4n) is 2.31. The third-order valence-corrected chi connectivity index (χ3v) is 4.18. The molecule has 18 heavy (non-hydrogen) atoms. The minimum absolute atomic E-state index is 0.231. The molecule has 4 nitrogen and oxygen atoms in total. The first kappa shape index (κ1) is 13.5. The summed E-state index contributed by atoms with van der Waals surface area (Å²) in [6.45, 7) is 4.70. The molecule has 0 spiro atoms. The van der Waals surface area contributed by atoms with Crippen LogP contribution in [0.25, 0.3) is 0 Å². The Kier molecular flexibility index (Phi) is 4.72. The number of hydrogen-bond donors (Lipinski definition) is 1. The molecule has 1 saturated heterocycles. The van der Waals surface area contributed by atoms with Crippen LogP contribution in [0.1, 0.15) is 30.0 Å². The molecule has 1 aromatic heterocycles. The third kappa shape index (κ3) is 3.78. The summed E-state index contributed by atoms with van der Waals surface area (Å²) < 4.78 is 0. The molecule has 1 aliphatic heterocycles. The number of nitrogens with zero attached hydrogens (tertiary/aromatic N) is 2. The van der Waals surface area contributed by atoms with E-state index in [4.69, 9.17) is 0 Å². The molecule has 1 fully saturated rings. The maximum atomic E-state index is 12.1. The van der Waals surface area contributed by atoms with E-state index in [-0.39, 0.29) is 5.91 Å². The minimum atomic E-state index is 0.231. The average molecular weight is 267 g/mol. The van der Waals surface area contributed by atoms with Gasteiger partial charge in [0.15, 0.2) is 0 Å². The zero-order chi connectivity index (χ0) is 13.0. The maximum Gasteiger partial charge on any atom is 0.222 e. The minimum Gasteiger partial charge on any atom is -0.340 e. The van der Waals surface area contributed by atoms with E-state index in [9.17, 15) is 4.79 Å². The Hall–Kier alpha value is -0.940. The molecule has 2 rings (SSSR count). The zero-order valence-electron chi connectivity index (χ0n) is 11.1. The molecule has 0 saturated carbocycles. The lowest BCUT2D eigenvalue weighted by Gasteiger charge is -2.24. The summed E-state index contributed by atoms with van der Waals surface area (Å²) in [5, 5.41) is 6.44. The van der Waals surface area contributed by atoms with Crippen LogP contribution in [0.2, 0.25) is 0 Å². The highest BCUT2D eigenvalue weighted by atomic mass is 32.1. The van der Waals surface area contributed by atoms with E-state index in [0.29, 0.717) is 18.9 Å². The number of rotatable bonds is 4. The summed E-state index contributed by atoms with van der Waals surface area (Å²) in [5.74, 6) is 0.736. The van der Waals surface area contributed by atoms with Crippen molar-refractivity contribution in [3.8, 4) is 0 Å². The summed E-state index contributed by atoms with van der Waals surface area (Å²) >= 11 is 1.63. The monoisotopic (exact) mass is 267 g/mol. The van der Waals surface area contributed by atoms with Crippen LogP contribution in [0.4, 0.5) is 0 Å².